The molecule has 0 radical (unpaired) electrons. The van der Waals surface area contributed by atoms with Gasteiger partial charge in [0.2, 0.25) is 0 Å². The van der Waals surface area contributed by atoms with Crippen LogP contribution in [-0.2, 0) is 9.59 Å². The van der Waals surface area contributed by atoms with Crippen molar-refractivity contribution in [3.63, 3.8) is 0 Å². The summed E-state index contributed by atoms with van der Waals surface area (Å²) in [5.41, 5.74) is 0. The lowest BCUT2D eigenvalue weighted by atomic mass is 10.1. The molecule has 0 aliphatic heterocycles. The molecule has 6 nitrogen and oxygen atoms in total. The number of carboxylic acid groups (broad SMARTS) is 2. The number of hydrogen-bond acceptors (Lipinski definition) is 4. The van der Waals surface area contributed by atoms with E-state index in [1.807, 2.05) is 0 Å². The number of carbonyl (C=O) groups is 2. The first-order chi connectivity index (χ1) is 7.49. The van der Waals surface area contributed by atoms with Crippen LogP contribution in [0.1, 0.15) is 33.6 Å². The van der Waals surface area contributed by atoms with Crippen molar-refractivity contribution in [3.8, 4) is 0 Å². The first-order valence-corrected chi connectivity index (χ1v) is 5.22. The molecule has 0 spiro atoms. The topological polar surface area (TPSA) is 90.2 Å². The average Bonchev–Trinajstić information content (AvgIpc) is 2.18. The molecule has 0 saturated heterocycles. The molecule has 0 fully saturated rings. The summed E-state index contributed by atoms with van der Waals surface area (Å²) in [6.07, 6.45) is 2.00. The maximum Gasteiger partial charge on any atom is 0.328 e. The summed E-state index contributed by atoms with van der Waals surface area (Å²) in [7, 11) is 0. The maximum absolute atomic E-state index is 11.0. The van der Waals surface area contributed by atoms with E-state index in [4.69, 9.17) is 10.2 Å². The van der Waals surface area contributed by atoms with Gasteiger partial charge in [-0.1, -0.05) is 13.8 Å². The monoisotopic (exact) mass is 230 g/mol. The van der Waals surface area contributed by atoms with Crippen molar-refractivity contribution >= 4 is 18.2 Å². The number of nitrogens with zero attached hydrogens (tertiary/aromatic N) is 2. The lowest BCUT2D eigenvalue weighted by Crippen LogP contribution is -2.47. The van der Waals surface area contributed by atoms with Gasteiger partial charge in [-0.3, -0.25) is 5.01 Å². The summed E-state index contributed by atoms with van der Waals surface area (Å²) in [5, 5.41) is 23.0. The minimum absolute atomic E-state index is 0.302. The van der Waals surface area contributed by atoms with Gasteiger partial charge in [0, 0.05) is 6.21 Å². The lowest BCUT2D eigenvalue weighted by Gasteiger charge is -2.30. The normalized spacial score (nSPS) is 14.7. The van der Waals surface area contributed by atoms with E-state index in [1.54, 1.807) is 20.8 Å². The fourth-order valence-corrected chi connectivity index (χ4v) is 1.46. The quantitative estimate of drug-likeness (QED) is 0.503. The number of aliphatic carboxylic acids is 2. The zero-order chi connectivity index (χ0) is 12.7. The van der Waals surface area contributed by atoms with E-state index in [1.165, 1.54) is 6.21 Å². The van der Waals surface area contributed by atoms with Gasteiger partial charge in [0.15, 0.2) is 0 Å². The molecular formula is C10H18N2O4. The third-order valence-electron chi connectivity index (χ3n) is 2.23. The Morgan fingerprint density at radius 3 is 1.75 bits per heavy atom. The Morgan fingerprint density at radius 2 is 1.56 bits per heavy atom. The Kier molecular flexibility index (Phi) is 6.14. The summed E-state index contributed by atoms with van der Waals surface area (Å²) < 4.78 is 0. The predicted octanol–water partition coefficient (Wildman–Crippen LogP) is 1.02. The Balaban J connectivity index is 5.09. The van der Waals surface area contributed by atoms with E-state index in [0.29, 0.717) is 12.8 Å². The van der Waals surface area contributed by atoms with Crippen LogP contribution in [0.2, 0.25) is 0 Å². The molecule has 0 aliphatic carbocycles. The Morgan fingerprint density at radius 1 is 1.19 bits per heavy atom. The highest BCUT2D eigenvalue weighted by molar-refractivity contribution is 5.77. The molecule has 2 N–H and O–H groups in total. The highest BCUT2D eigenvalue weighted by Crippen LogP contribution is 2.13. The van der Waals surface area contributed by atoms with Gasteiger partial charge in [0.25, 0.3) is 0 Å². The minimum Gasteiger partial charge on any atom is -0.480 e. The molecule has 0 aromatic rings. The third kappa shape index (κ3) is 3.52. The summed E-state index contributed by atoms with van der Waals surface area (Å²) in [4.78, 5) is 22.0. The largest absolute Gasteiger partial charge is 0.480 e. The first-order valence-electron chi connectivity index (χ1n) is 5.22. The molecule has 16 heavy (non-hydrogen) atoms. The van der Waals surface area contributed by atoms with Crippen molar-refractivity contribution < 1.29 is 19.8 Å². The second kappa shape index (κ2) is 6.81. The van der Waals surface area contributed by atoms with Crippen molar-refractivity contribution in [2.24, 2.45) is 5.10 Å². The summed E-state index contributed by atoms with van der Waals surface area (Å²) in [6.45, 7) is 4.99. The Bertz CT molecular complexity index is 256. The van der Waals surface area contributed by atoms with Crippen LogP contribution in [0.4, 0.5) is 0 Å². The molecule has 6 heteroatoms. The van der Waals surface area contributed by atoms with E-state index in [9.17, 15) is 9.59 Å². The molecule has 0 amide bonds. The molecule has 2 atom stereocenters. The number of carboxylic acids is 2. The number of hydrogen-bond donors (Lipinski definition) is 2. The predicted molar refractivity (Wildman–Crippen MR) is 59.4 cm³/mol. The van der Waals surface area contributed by atoms with Gasteiger partial charge >= 0.3 is 11.9 Å². The van der Waals surface area contributed by atoms with Gasteiger partial charge < -0.3 is 10.2 Å². The third-order valence-corrected chi connectivity index (χ3v) is 2.23. The van der Waals surface area contributed by atoms with Gasteiger partial charge in [-0.15, -0.1) is 0 Å². The van der Waals surface area contributed by atoms with Crippen molar-refractivity contribution in [1.29, 1.82) is 0 Å². The van der Waals surface area contributed by atoms with Crippen LogP contribution in [-0.4, -0.2) is 45.5 Å². The highest BCUT2D eigenvalue weighted by Gasteiger charge is 2.32. The zero-order valence-corrected chi connectivity index (χ0v) is 9.75. The molecule has 0 aromatic heterocycles. The van der Waals surface area contributed by atoms with Gasteiger partial charge in [-0.25, -0.2) is 9.59 Å². The van der Waals surface area contributed by atoms with Crippen molar-refractivity contribution in [1.82, 2.24) is 5.01 Å². The summed E-state index contributed by atoms with van der Waals surface area (Å²) in [6, 6.07) is -1.81. The van der Waals surface area contributed by atoms with Crippen LogP contribution in [0.25, 0.3) is 0 Å². The molecular weight excluding hydrogens is 212 g/mol. The molecule has 0 heterocycles. The summed E-state index contributed by atoms with van der Waals surface area (Å²) >= 11 is 0. The van der Waals surface area contributed by atoms with Crippen LogP contribution < -0.4 is 0 Å². The fraction of sp³-hybridized carbons (Fsp3) is 0.700. The minimum atomic E-state index is -1.06. The molecule has 2 unspecified atom stereocenters. The van der Waals surface area contributed by atoms with Crippen LogP contribution in [0, 0.1) is 0 Å². The first kappa shape index (κ1) is 14.4. The molecule has 0 aromatic carbocycles. The van der Waals surface area contributed by atoms with Crippen molar-refractivity contribution in [3.05, 3.63) is 0 Å². The summed E-state index contributed by atoms with van der Waals surface area (Å²) in [5.74, 6) is -2.12. The van der Waals surface area contributed by atoms with Crippen LogP contribution >= 0.6 is 0 Å². The van der Waals surface area contributed by atoms with E-state index >= 15 is 0 Å². The van der Waals surface area contributed by atoms with Crippen molar-refractivity contribution in [2.75, 3.05) is 0 Å². The number of hydrazone groups is 1. The second-order valence-corrected chi connectivity index (χ2v) is 3.28. The second-order valence-electron chi connectivity index (χ2n) is 3.28. The standard InChI is InChI=1S/C10H18N2O4/c1-4-7(9(13)14)12(11-6-3)8(5-2)10(15)16/h6-8H,4-5H2,1-3H3,(H,13,14)(H,15,16). The number of rotatable bonds is 7. The smallest absolute Gasteiger partial charge is 0.328 e. The fourth-order valence-electron chi connectivity index (χ4n) is 1.46. The SMILES string of the molecule is CC=NN(C(CC)C(=O)O)C(CC)C(=O)O. The van der Waals surface area contributed by atoms with Crippen LogP contribution in [0.15, 0.2) is 5.10 Å². The van der Waals surface area contributed by atoms with Gasteiger partial charge in [0.05, 0.1) is 0 Å². The molecule has 0 saturated carbocycles. The average molecular weight is 230 g/mol. The van der Waals surface area contributed by atoms with E-state index in [-0.39, 0.29) is 0 Å². The lowest BCUT2D eigenvalue weighted by molar-refractivity contribution is -0.150. The molecule has 92 valence electrons. The Labute approximate surface area is 94.6 Å². The Hall–Kier alpha value is -1.59. The molecule has 0 aliphatic rings. The molecule has 0 rings (SSSR count). The van der Waals surface area contributed by atoms with E-state index in [2.05, 4.69) is 5.10 Å². The van der Waals surface area contributed by atoms with E-state index in [0.717, 1.165) is 5.01 Å². The van der Waals surface area contributed by atoms with Gasteiger partial charge in [0.1, 0.15) is 12.1 Å². The molecule has 0 bridgehead atoms. The van der Waals surface area contributed by atoms with Crippen molar-refractivity contribution in [2.45, 2.75) is 45.7 Å². The van der Waals surface area contributed by atoms with Crippen LogP contribution in [0.3, 0.4) is 0 Å². The zero-order valence-electron chi connectivity index (χ0n) is 9.75. The van der Waals surface area contributed by atoms with E-state index < -0.39 is 24.0 Å². The highest BCUT2D eigenvalue weighted by atomic mass is 16.4. The van der Waals surface area contributed by atoms with Gasteiger partial charge in [-0.2, -0.15) is 5.10 Å². The van der Waals surface area contributed by atoms with Crippen LogP contribution in [0.5, 0.6) is 0 Å². The maximum atomic E-state index is 11.0. The van der Waals surface area contributed by atoms with Gasteiger partial charge in [-0.05, 0) is 19.8 Å².